The van der Waals surface area contributed by atoms with E-state index in [1.807, 2.05) is 0 Å². The first-order valence-corrected chi connectivity index (χ1v) is 7.10. The molecule has 0 aliphatic rings. The lowest BCUT2D eigenvalue weighted by molar-refractivity contribution is -0.139. The minimum absolute atomic E-state index is 0.0426. The Bertz CT molecular complexity index is 754. The summed E-state index contributed by atoms with van der Waals surface area (Å²) in [6, 6.07) is 7.23. The molecule has 0 aromatic heterocycles. The van der Waals surface area contributed by atoms with Gasteiger partial charge in [0.1, 0.15) is 22.6 Å². The first-order valence-electron chi connectivity index (χ1n) is 6.35. The van der Waals surface area contributed by atoms with Crippen LogP contribution in [0.15, 0.2) is 41.6 Å². The van der Waals surface area contributed by atoms with Crippen molar-refractivity contribution in [3.8, 4) is 5.75 Å². The molecule has 2 aromatic rings. The van der Waals surface area contributed by atoms with Crippen LogP contribution in [0, 0.1) is 10.7 Å². The van der Waals surface area contributed by atoms with E-state index in [-0.39, 0.29) is 26.9 Å². The van der Waals surface area contributed by atoms with Gasteiger partial charge in [-0.1, -0.05) is 52.6 Å². The topological polar surface area (TPSA) is 76.0 Å². The molecule has 0 fully saturated rings. The van der Waals surface area contributed by atoms with Gasteiger partial charge in [0.05, 0.1) is 5.02 Å². The number of nitroso groups, excluding NO2 is 1. The number of halogens is 3. The molecule has 1 atom stereocenters. The van der Waals surface area contributed by atoms with Crippen molar-refractivity contribution in [2.45, 2.75) is 6.04 Å². The number of carbonyl (C=O) groups is 1. The number of rotatable bonds is 6. The maximum absolute atomic E-state index is 13.9. The zero-order chi connectivity index (χ0) is 17.0. The Morgan fingerprint density at radius 3 is 2.48 bits per heavy atom. The second-order valence-corrected chi connectivity index (χ2v) is 5.25. The first-order chi connectivity index (χ1) is 11.0. The van der Waals surface area contributed by atoms with Gasteiger partial charge in [-0.05, 0) is 12.1 Å². The average Bonchev–Trinajstić information content (AvgIpc) is 2.52. The molecule has 0 bridgehead atoms. The fraction of sp³-hybridized carbons (Fsp3) is 0.133. The van der Waals surface area contributed by atoms with Crippen LogP contribution in [0.25, 0.3) is 0 Å². The summed E-state index contributed by atoms with van der Waals surface area (Å²) in [7, 11) is 0. The van der Waals surface area contributed by atoms with Crippen molar-refractivity contribution in [2.24, 2.45) is 5.18 Å². The second kappa shape index (κ2) is 7.39. The summed E-state index contributed by atoms with van der Waals surface area (Å²) in [5.41, 5.74) is 0.249. The molecule has 1 unspecified atom stereocenters. The zero-order valence-corrected chi connectivity index (χ0v) is 13.0. The van der Waals surface area contributed by atoms with Gasteiger partial charge in [0.15, 0.2) is 6.61 Å². The Balaban J connectivity index is 2.43. The molecule has 120 valence electrons. The van der Waals surface area contributed by atoms with Gasteiger partial charge in [-0.15, -0.1) is 4.91 Å². The van der Waals surface area contributed by atoms with Gasteiger partial charge in [-0.25, -0.2) is 9.18 Å². The van der Waals surface area contributed by atoms with Crippen LogP contribution in [-0.2, 0) is 4.79 Å². The molecule has 0 heterocycles. The van der Waals surface area contributed by atoms with Gasteiger partial charge in [0.25, 0.3) is 0 Å². The van der Waals surface area contributed by atoms with E-state index in [4.69, 9.17) is 33.0 Å². The monoisotopic (exact) mass is 357 g/mol. The highest BCUT2D eigenvalue weighted by atomic mass is 35.5. The van der Waals surface area contributed by atoms with E-state index in [1.54, 1.807) is 6.07 Å². The van der Waals surface area contributed by atoms with E-state index >= 15 is 0 Å². The van der Waals surface area contributed by atoms with Crippen LogP contribution in [0.1, 0.15) is 17.2 Å². The Hall–Kier alpha value is -2.18. The van der Waals surface area contributed by atoms with Crippen LogP contribution in [0.5, 0.6) is 5.75 Å². The molecule has 0 aliphatic heterocycles. The predicted octanol–water partition coefficient (Wildman–Crippen LogP) is 4.45. The van der Waals surface area contributed by atoms with Crippen LogP contribution in [0.4, 0.5) is 4.39 Å². The van der Waals surface area contributed by atoms with Gasteiger partial charge < -0.3 is 9.84 Å². The van der Waals surface area contributed by atoms with Crippen LogP contribution < -0.4 is 4.74 Å². The second-order valence-electron chi connectivity index (χ2n) is 4.49. The quantitative estimate of drug-likeness (QED) is 0.774. The minimum Gasteiger partial charge on any atom is -0.480 e. The standard InChI is InChI=1S/C15H10Cl2FNO4/c16-13-9(5-6-11(14(13)17)23-7-12(20)21)15(19-22)8-3-1-2-4-10(8)18/h1-6,15H,7H2,(H,20,21). The molecule has 2 rings (SSSR count). The van der Waals surface area contributed by atoms with Crippen molar-refractivity contribution in [1.82, 2.24) is 0 Å². The van der Waals surface area contributed by atoms with Crippen molar-refractivity contribution in [3.63, 3.8) is 0 Å². The van der Waals surface area contributed by atoms with Crippen LogP contribution in [-0.4, -0.2) is 17.7 Å². The lowest BCUT2D eigenvalue weighted by Gasteiger charge is -2.15. The molecule has 0 saturated heterocycles. The summed E-state index contributed by atoms with van der Waals surface area (Å²) in [6.45, 7) is -0.599. The molecule has 23 heavy (non-hydrogen) atoms. The number of benzene rings is 2. The highest BCUT2D eigenvalue weighted by Gasteiger charge is 2.24. The van der Waals surface area contributed by atoms with E-state index in [0.717, 1.165) is 0 Å². The fourth-order valence-electron chi connectivity index (χ4n) is 1.99. The minimum atomic E-state index is -1.19. The summed E-state index contributed by atoms with van der Waals surface area (Å²) in [6.07, 6.45) is 0. The van der Waals surface area contributed by atoms with Gasteiger partial charge in [0.2, 0.25) is 0 Å². The summed E-state index contributed by atoms with van der Waals surface area (Å²) < 4.78 is 18.8. The van der Waals surface area contributed by atoms with Crippen molar-refractivity contribution in [2.75, 3.05) is 6.61 Å². The number of carboxylic acids is 1. The Morgan fingerprint density at radius 2 is 1.87 bits per heavy atom. The SMILES string of the molecule is O=NC(c1ccccc1F)c1ccc(OCC(=O)O)c(Cl)c1Cl. The molecule has 0 aliphatic carbocycles. The third kappa shape index (κ3) is 3.78. The summed E-state index contributed by atoms with van der Waals surface area (Å²) >= 11 is 12.1. The molecular weight excluding hydrogens is 348 g/mol. The molecule has 0 saturated carbocycles. The predicted molar refractivity (Wildman–Crippen MR) is 83.6 cm³/mol. The summed E-state index contributed by atoms with van der Waals surface area (Å²) in [5, 5.41) is 11.4. The number of carboxylic acid groups (broad SMARTS) is 1. The average molecular weight is 358 g/mol. The largest absolute Gasteiger partial charge is 0.480 e. The number of hydrogen-bond acceptors (Lipinski definition) is 4. The van der Waals surface area contributed by atoms with Crippen molar-refractivity contribution in [1.29, 1.82) is 0 Å². The van der Waals surface area contributed by atoms with E-state index in [2.05, 4.69) is 5.18 Å². The summed E-state index contributed by atoms with van der Waals surface area (Å²) in [4.78, 5) is 21.7. The number of ether oxygens (including phenoxy) is 1. The van der Waals surface area contributed by atoms with Crippen molar-refractivity contribution < 1.29 is 19.0 Å². The first kappa shape index (κ1) is 17.2. The number of nitrogens with zero attached hydrogens (tertiary/aromatic N) is 1. The maximum atomic E-state index is 13.9. The normalized spacial score (nSPS) is 11.8. The molecule has 1 N–H and O–H groups in total. The molecule has 0 spiro atoms. The molecular formula is C15H10Cl2FNO4. The Labute approximate surface area is 140 Å². The van der Waals surface area contributed by atoms with E-state index < -0.39 is 24.4 Å². The third-order valence-corrected chi connectivity index (χ3v) is 3.91. The van der Waals surface area contributed by atoms with Crippen molar-refractivity contribution >= 4 is 29.2 Å². The van der Waals surface area contributed by atoms with E-state index in [9.17, 15) is 14.1 Å². The zero-order valence-electron chi connectivity index (χ0n) is 11.5. The highest BCUT2D eigenvalue weighted by Crippen LogP contribution is 2.40. The molecule has 0 radical (unpaired) electrons. The van der Waals surface area contributed by atoms with Crippen LogP contribution in [0.2, 0.25) is 10.0 Å². The van der Waals surface area contributed by atoms with Crippen molar-refractivity contribution in [3.05, 3.63) is 68.3 Å². The Morgan fingerprint density at radius 1 is 1.17 bits per heavy atom. The molecule has 0 amide bonds. The smallest absolute Gasteiger partial charge is 0.341 e. The number of aliphatic carboxylic acids is 1. The van der Waals surface area contributed by atoms with Gasteiger partial charge in [-0.2, -0.15) is 0 Å². The highest BCUT2D eigenvalue weighted by molar-refractivity contribution is 6.43. The molecule has 2 aromatic carbocycles. The Kier molecular flexibility index (Phi) is 5.52. The van der Waals surface area contributed by atoms with Gasteiger partial charge >= 0.3 is 5.97 Å². The molecule has 8 heteroatoms. The lowest BCUT2D eigenvalue weighted by atomic mass is 9.99. The van der Waals surface area contributed by atoms with Crippen LogP contribution in [0.3, 0.4) is 0 Å². The van der Waals surface area contributed by atoms with Gasteiger partial charge in [-0.3, -0.25) is 0 Å². The van der Waals surface area contributed by atoms with E-state index in [1.165, 1.54) is 30.3 Å². The third-order valence-electron chi connectivity index (χ3n) is 3.03. The lowest BCUT2D eigenvalue weighted by Crippen LogP contribution is -2.10. The fourth-order valence-corrected chi connectivity index (χ4v) is 2.47. The van der Waals surface area contributed by atoms with Crippen LogP contribution >= 0.6 is 23.2 Å². The number of hydrogen-bond donors (Lipinski definition) is 1. The maximum Gasteiger partial charge on any atom is 0.341 e. The van der Waals surface area contributed by atoms with Gasteiger partial charge in [0, 0.05) is 11.1 Å². The molecule has 5 nitrogen and oxygen atoms in total. The summed E-state index contributed by atoms with van der Waals surface area (Å²) in [5.74, 6) is -1.74. The van der Waals surface area contributed by atoms with E-state index in [0.29, 0.717) is 0 Å².